The van der Waals surface area contributed by atoms with Gasteiger partial charge in [-0.25, -0.2) is 4.98 Å². The van der Waals surface area contributed by atoms with Crippen LogP contribution in [-0.2, 0) is 23.9 Å². The van der Waals surface area contributed by atoms with E-state index in [-0.39, 0.29) is 49.8 Å². The number of carbonyl (C=O) groups excluding carboxylic acids is 3. The van der Waals surface area contributed by atoms with Gasteiger partial charge in [0.2, 0.25) is 17.7 Å². The van der Waals surface area contributed by atoms with Gasteiger partial charge < -0.3 is 25.0 Å². The van der Waals surface area contributed by atoms with E-state index < -0.39 is 0 Å². The third kappa shape index (κ3) is 8.01. The molecule has 1 saturated heterocycles. The number of nitrogens with one attached hydrogen (secondary N) is 2. The number of anilines is 1. The van der Waals surface area contributed by atoms with Crippen molar-refractivity contribution in [3.63, 3.8) is 0 Å². The highest BCUT2D eigenvalue weighted by Crippen LogP contribution is 2.10. The molecule has 0 spiro atoms. The van der Waals surface area contributed by atoms with Gasteiger partial charge in [-0.05, 0) is 25.0 Å². The summed E-state index contributed by atoms with van der Waals surface area (Å²) in [7, 11) is 1.53. The number of pyridine rings is 1. The maximum absolute atomic E-state index is 12.5. The lowest BCUT2D eigenvalue weighted by Gasteiger charge is -2.22. The Morgan fingerprint density at radius 1 is 1.29 bits per heavy atom. The summed E-state index contributed by atoms with van der Waals surface area (Å²) in [4.78, 5) is 42.0. The molecule has 0 bridgehead atoms. The van der Waals surface area contributed by atoms with Crippen molar-refractivity contribution in [3.05, 3.63) is 24.4 Å². The summed E-state index contributed by atoms with van der Waals surface area (Å²) in [6, 6.07) is 5.18. The van der Waals surface area contributed by atoms with Crippen LogP contribution in [0, 0.1) is 0 Å². The summed E-state index contributed by atoms with van der Waals surface area (Å²) in [6.07, 6.45) is 3.56. The van der Waals surface area contributed by atoms with Crippen LogP contribution in [0.4, 0.5) is 5.82 Å². The van der Waals surface area contributed by atoms with Crippen molar-refractivity contribution >= 4 is 23.5 Å². The maximum Gasteiger partial charge on any atom is 0.239 e. The van der Waals surface area contributed by atoms with Crippen molar-refractivity contribution < 1.29 is 23.9 Å². The molecule has 154 valence electrons. The first kappa shape index (κ1) is 21.8. The number of hydrogen-bond donors (Lipinski definition) is 2. The van der Waals surface area contributed by atoms with Crippen LogP contribution in [0.2, 0.25) is 0 Å². The number of carbonyl (C=O) groups is 3. The molecule has 1 aromatic rings. The summed E-state index contributed by atoms with van der Waals surface area (Å²) in [5, 5.41) is 5.43. The molecule has 0 aromatic carbocycles. The molecule has 0 radical (unpaired) electrons. The normalized spacial score (nSPS) is 15.8. The van der Waals surface area contributed by atoms with Gasteiger partial charge in [0.1, 0.15) is 5.82 Å². The molecule has 9 heteroatoms. The molecule has 9 nitrogen and oxygen atoms in total. The lowest BCUT2D eigenvalue weighted by Crippen LogP contribution is -2.44. The summed E-state index contributed by atoms with van der Waals surface area (Å²) >= 11 is 0. The van der Waals surface area contributed by atoms with E-state index in [1.54, 1.807) is 24.4 Å². The predicted octanol–water partition coefficient (Wildman–Crippen LogP) is 0.571. The molecule has 1 atom stereocenters. The van der Waals surface area contributed by atoms with Gasteiger partial charge in [-0.1, -0.05) is 6.07 Å². The molecule has 0 unspecified atom stereocenters. The fraction of sp³-hybridized carbons (Fsp3) is 0.579. The van der Waals surface area contributed by atoms with E-state index in [1.807, 2.05) is 0 Å². The minimum Gasteiger partial charge on any atom is -0.383 e. The highest BCUT2D eigenvalue weighted by molar-refractivity contribution is 5.93. The fourth-order valence-electron chi connectivity index (χ4n) is 2.78. The van der Waals surface area contributed by atoms with Crippen LogP contribution in [0.5, 0.6) is 0 Å². The second-order valence-electron chi connectivity index (χ2n) is 6.51. The van der Waals surface area contributed by atoms with Gasteiger partial charge in [-0.3, -0.25) is 14.4 Å². The number of amides is 3. The lowest BCUT2D eigenvalue weighted by atomic mass is 10.2. The molecule has 28 heavy (non-hydrogen) atoms. The average molecular weight is 392 g/mol. The standard InChI is InChI=1S/C19H28N4O5/c1-27-12-10-23(14-18(25)21-13-15-5-4-11-28-15)19(26)8-7-17(24)22-16-6-2-3-9-20-16/h2-3,6,9,15H,4-5,7-8,10-14H2,1H3,(H,21,25)(H,20,22,24)/t15-/m0/s1. The minimum absolute atomic E-state index is 0.00139. The number of hydrogen-bond acceptors (Lipinski definition) is 6. The van der Waals surface area contributed by atoms with Crippen LogP contribution in [-0.4, -0.2) is 73.7 Å². The smallest absolute Gasteiger partial charge is 0.239 e. The van der Waals surface area contributed by atoms with E-state index in [0.717, 1.165) is 19.4 Å². The van der Waals surface area contributed by atoms with Crippen molar-refractivity contribution in [2.45, 2.75) is 31.8 Å². The second kappa shape index (κ2) is 12.0. The molecule has 1 aliphatic heterocycles. The molecule has 0 saturated carbocycles. The fourth-order valence-corrected chi connectivity index (χ4v) is 2.78. The van der Waals surface area contributed by atoms with E-state index in [0.29, 0.717) is 19.0 Å². The molecule has 1 aliphatic rings. The van der Waals surface area contributed by atoms with Crippen LogP contribution < -0.4 is 10.6 Å². The van der Waals surface area contributed by atoms with E-state index in [2.05, 4.69) is 15.6 Å². The van der Waals surface area contributed by atoms with Crippen molar-refractivity contribution in [1.82, 2.24) is 15.2 Å². The largest absolute Gasteiger partial charge is 0.383 e. The summed E-state index contributed by atoms with van der Waals surface area (Å²) < 4.78 is 10.5. The number of nitrogens with zero attached hydrogens (tertiary/aromatic N) is 2. The Labute approximate surface area is 164 Å². The molecule has 2 heterocycles. The summed E-state index contributed by atoms with van der Waals surface area (Å²) in [5.74, 6) is -0.398. The van der Waals surface area contributed by atoms with Crippen molar-refractivity contribution in [3.8, 4) is 0 Å². The summed E-state index contributed by atoms with van der Waals surface area (Å²) in [6.45, 7) is 1.68. The topological polar surface area (TPSA) is 110 Å². The van der Waals surface area contributed by atoms with E-state index >= 15 is 0 Å². The minimum atomic E-state index is -0.304. The Hall–Kier alpha value is -2.52. The molecular formula is C19H28N4O5. The number of aromatic nitrogens is 1. The quantitative estimate of drug-likeness (QED) is 0.570. The third-order valence-corrected chi connectivity index (χ3v) is 4.30. The molecule has 3 amide bonds. The SMILES string of the molecule is COCCN(CC(=O)NC[C@@H]1CCCO1)C(=O)CCC(=O)Nc1ccccn1. The van der Waals surface area contributed by atoms with E-state index in [9.17, 15) is 14.4 Å². The Kier molecular flexibility index (Phi) is 9.36. The maximum atomic E-state index is 12.5. The third-order valence-electron chi connectivity index (χ3n) is 4.30. The van der Waals surface area contributed by atoms with Crippen LogP contribution >= 0.6 is 0 Å². The van der Waals surface area contributed by atoms with Crippen molar-refractivity contribution in [1.29, 1.82) is 0 Å². The Balaban J connectivity index is 1.76. The molecule has 1 aromatic heterocycles. The Bertz CT molecular complexity index is 634. The first-order valence-electron chi connectivity index (χ1n) is 9.44. The zero-order valence-corrected chi connectivity index (χ0v) is 16.2. The number of ether oxygens (including phenoxy) is 2. The van der Waals surface area contributed by atoms with Gasteiger partial charge in [-0.15, -0.1) is 0 Å². The number of methoxy groups -OCH3 is 1. The Morgan fingerprint density at radius 3 is 2.82 bits per heavy atom. The second-order valence-corrected chi connectivity index (χ2v) is 6.51. The highest BCUT2D eigenvalue weighted by atomic mass is 16.5. The van der Waals surface area contributed by atoms with Gasteiger partial charge in [0, 0.05) is 45.8 Å². The summed E-state index contributed by atoms with van der Waals surface area (Å²) in [5.41, 5.74) is 0. The first-order chi connectivity index (χ1) is 13.6. The average Bonchev–Trinajstić information content (AvgIpc) is 3.22. The monoisotopic (exact) mass is 392 g/mol. The van der Waals surface area contributed by atoms with Crippen molar-refractivity contribution in [2.75, 3.05) is 45.3 Å². The van der Waals surface area contributed by atoms with Crippen LogP contribution in [0.3, 0.4) is 0 Å². The predicted molar refractivity (Wildman–Crippen MR) is 103 cm³/mol. The lowest BCUT2D eigenvalue weighted by molar-refractivity contribution is -0.137. The molecular weight excluding hydrogens is 364 g/mol. The van der Waals surface area contributed by atoms with Crippen LogP contribution in [0.15, 0.2) is 24.4 Å². The molecule has 2 rings (SSSR count). The van der Waals surface area contributed by atoms with Gasteiger partial charge in [0.05, 0.1) is 19.3 Å². The molecule has 1 fully saturated rings. The van der Waals surface area contributed by atoms with E-state index in [4.69, 9.17) is 9.47 Å². The van der Waals surface area contributed by atoms with Crippen LogP contribution in [0.1, 0.15) is 25.7 Å². The van der Waals surface area contributed by atoms with Gasteiger partial charge in [0.15, 0.2) is 0 Å². The zero-order chi connectivity index (χ0) is 20.2. The highest BCUT2D eigenvalue weighted by Gasteiger charge is 2.20. The van der Waals surface area contributed by atoms with Gasteiger partial charge >= 0.3 is 0 Å². The van der Waals surface area contributed by atoms with Crippen LogP contribution in [0.25, 0.3) is 0 Å². The first-order valence-corrected chi connectivity index (χ1v) is 9.44. The van der Waals surface area contributed by atoms with Gasteiger partial charge in [-0.2, -0.15) is 0 Å². The molecule has 2 N–H and O–H groups in total. The zero-order valence-electron chi connectivity index (χ0n) is 16.2. The van der Waals surface area contributed by atoms with Crippen molar-refractivity contribution in [2.24, 2.45) is 0 Å². The van der Waals surface area contributed by atoms with E-state index in [1.165, 1.54) is 12.0 Å². The van der Waals surface area contributed by atoms with Gasteiger partial charge in [0.25, 0.3) is 0 Å². The number of rotatable bonds is 11. The Morgan fingerprint density at radius 2 is 2.14 bits per heavy atom. The molecule has 0 aliphatic carbocycles.